The third-order valence-corrected chi connectivity index (χ3v) is 7.02. The molecule has 3 aliphatic rings. The number of fused-ring (bicyclic) bond motifs is 2. The number of carbonyl (C=O) groups excluding carboxylic acids is 3. The summed E-state index contributed by atoms with van der Waals surface area (Å²) in [6, 6.07) is 21.9. The number of anilines is 1. The average Bonchev–Trinajstić information content (AvgIpc) is 2.96. The van der Waals surface area contributed by atoms with E-state index in [1.165, 1.54) is 0 Å². The smallest absolute Gasteiger partial charge is 0.339 e. The number of para-hydroxylation sites is 2. The van der Waals surface area contributed by atoms with Crippen LogP contribution in [0.2, 0.25) is 0 Å². The van der Waals surface area contributed by atoms with Crippen LogP contribution in [0.25, 0.3) is 0 Å². The number of benzene rings is 3. The third kappa shape index (κ3) is 4.44. The number of carbonyl (C=O) groups is 3. The molecule has 3 aromatic rings. The predicted molar refractivity (Wildman–Crippen MR) is 135 cm³/mol. The summed E-state index contributed by atoms with van der Waals surface area (Å²) in [7, 11) is 0. The second-order valence-corrected chi connectivity index (χ2v) is 9.31. The second-order valence-electron chi connectivity index (χ2n) is 9.31. The molecule has 1 saturated heterocycles. The minimum absolute atomic E-state index is 0.0950. The normalized spacial score (nSPS) is 20.8. The van der Waals surface area contributed by atoms with E-state index in [-0.39, 0.29) is 18.4 Å². The molecule has 0 N–H and O–H groups in total. The van der Waals surface area contributed by atoms with E-state index in [0.29, 0.717) is 55.3 Å². The van der Waals surface area contributed by atoms with Crippen LogP contribution >= 0.6 is 0 Å². The van der Waals surface area contributed by atoms with Crippen LogP contribution in [-0.4, -0.2) is 61.6 Å². The maximum Gasteiger partial charge on any atom is 0.339 e. The molecule has 0 saturated carbocycles. The van der Waals surface area contributed by atoms with Crippen LogP contribution < -0.4 is 9.64 Å². The molecule has 0 aliphatic carbocycles. The highest BCUT2D eigenvalue weighted by Gasteiger charge is 2.37. The van der Waals surface area contributed by atoms with Gasteiger partial charge in [-0.2, -0.15) is 0 Å². The third-order valence-electron chi connectivity index (χ3n) is 7.02. The van der Waals surface area contributed by atoms with E-state index >= 15 is 0 Å². The number of nitrogens with zero attached hydrogens (tertiary/aromatic N) is 2. The van der Waals surface area contributed by atoms with E-state index in [1.54, 1.807) is 34.1 Å². The van der Waals surface area contributed by atoms with Crippen molar-refractivity contribution in [3.8, 4) is 5.75 Å². The van der Waals surface area contributed by atoms with Crippen molar-refractivity contribution in [1.82, 2.24) is 4.90 Å². The van der Waals surface area contributed by atoms with E-state index in [9.17, 15) is 14.4 Å². The van der Waals surface area contributed by atoms with Crippen LogP contribution in [0.15, 0.2) is 72.8 Å². The molecule has 2 unspecified atom stereocenters. The van der Waals surface area contributed by atoms with Gasteiger partial charge in [-0.3, -0.25) is 9.59 Å². The van der Waals surface area contributed by atoms with Crippen LogP contribution in [0.4, 0.5) is 5.69 Å². The Labute approximate surface area is 214 Å². The zero-order valence-corrected chi connectivity index (χ0v) is 20.2. The number of esters is 1. The monoisotopic (exact) mass is 498 g/mol. The summed E-state index contributed by atoms with van der Waals surface area (Å²) >= 11 is 0. The van der Waals surface area contributed by atoms with Gasteiger partial charge in [0.1, 0.15) is 11.9 Å². The first-order valence-electron chi connectivity index (χ1n) is 12.4. The lowest BCUT2D eigenvalue weighted by Gasteiger charge is -2.37. The van der Waals surface area contributed by atoms with Crippen LogP contribution in [-0.2, 0) is 20.7 Å². The van der Waals surface area contributed by atoms with E-state index in [0.717, 1.165) is 11.1 Å². The van der Waals surface area contributed by atoms with Crippen molar-refractivity contribution in [2.24, 2.45) is 0 Å². The highest BCUT2D eigenvalue weighted by molar-refractivity contribution is 6.08. The predicted octanol–water partition coefficient (Wildman–Crippen LogP) is 3.41. The van der Waals surface area contributed by atoms with Crippen molar-refractivity contribution in [1.29, 1.82) is 0 Å². The molecule has 3 aliphatic heterocycles. The summed E-state index contributed by atoms with van der Waals surface area (Å²) in [6.07, 6.45) is -0.748. The van der Waals surface area contributed by atoms with Crippen LogP contribution in [0.3, 0.4) is 0 Å². The Hall–Kier alpha value is -4.17. The quantitative estimate of drug-likeness (QED) is 0.515. The number of hydrogen-bond donors (Lipinski definition) is 0. The van der Waals surface area contributed by atoms with E-state index in [2.05, 4.69) is 0 Å². The van der Waals surface area contributed by atoms with Gasteiger partial charge in [-0.1, -0.05) is 42.5 Å². The first-order valence-corrected chi connectivity index (χ1v) is 12.4. The highest BCUT2D eigenvalue weighted by Crippen LogP contribution is 2.36. The first kappa shape index (κ1) is 23.2. The minimum Gasteiger partial charge on any atom is -0.476 e. The van der Waals surface area contributed by atoms with Crippen molar-refractivity contribution >= 4 is 23.5 Å². The van der Waals surface area contributed by atoms with Gasteiger partial charge in [-0.25, -0.2) is 4.79 Å². The van der Waals surface area contributed by atoms with Crippen LogP contribution in [0.1, 0.15) is 37.9 Å². The van der Waals surface area contributed by atoms with E-state index < -0.39 is 18.2 Å². The Morgan fingerprint density at radius 1 is 0.865 bits per heavy atom. The Kier molecular flexibility index (Phi) is 6.10. The number of rotatable bonds is 3. The fourth-order valence-corrected chi connectivity index (χ4v) is 5.08. The zero-order chi connectivity index (χ0) is 25.4. The topological polar surface area (TPSA) is 85.4 Å². The Morgan fingerprint density at radius 2 is 1.62 bits per heavy atom. The van der Waals surface area contributed by atoms with Crippen LogP contribution in [0, 0.1) is 0 Å². The molecule has 3 aromatic carbocycles. The number of amides is 2. The fraction of sp³-hybridized carbons (Fsp3) is 0.276. The SMILES string of the molecule is O=C1OC(c2ccccc2)Cc2cc(C(=O)N3CC(C(=O)N4CCOCC4)Oc4ccccc43)ccc21. The number of cyclic esters (lactones) is 1. The number of ether oxygens (including phenoxy) is 3. The average molecular weight is 499 g/mol. The van der Waals surface area contributed by atoms with Gasteiger partial charge >= 0.3 is 5.97 Å². The molecule has 0 spiro atoms. The molecule has 1 fully saturated rings. The maximum absolute atomic E-state index is 13.8. The summed E-state index contributed by atoms with van der Waals surface area (Å²) in [5.41, 5.74) is 3.18. The Balaban J connectivity index is 1.29. The molecule has 6 rings (SSSR count). The van der Waals surface area contributed by atoms with Gasteiger partial charge in [0.15, 0.2) is 6.10 Å². The van der Waals surface area contributed by atoms with E-state index in [4.69, 9.17) is 14.2 Å². The molecule has 188 valence electrons. The Bertz CT molecular complexity index is 1350. The second kappa shape index (κ2) is 9.71. The lowest BCUT2D eigenvalue weighted by molar-refractivity contribution is -0.142. The summed E-state index contributed by atoms with van der Waals surface area (Å²) in [5, 5.41) is 0. The van der Waals surface area contributed by atoms with Gasteiger partial charge in [0, 0.05) is 25.1 Å². The maximum atomic E-state index is 13.8. The molecule has 2 amide bonds. The fourth-order valence-electron chi connectivity index (χ4n) is 5.08. The lowest BCUT2D eigenvalue weighted by Crippen LogP contribution is -2.54. The Morgan fingerprint density at radius 3 is 2.43 bits per heavy atom. The molecule has 37 heavy (non-hydrogen) atoms. The van der Waals surface area contributed by atoms with Gasteiger partial charge in [0.2, 0.25) is 0 Å². The highest BCUT2D eigenvalue weighted by atomic mass is 16.5. The van der Waals surface area contributed by atoms with Gasteiger partial charge in [0.05, 0.1) is 31.0 Å². The van der Waals surface area contributed by atoms with Crippen molar-refractivity contribution in [3.63, 3.8) is 0 Å². The molecule has 3 heterocycles. The van der Waals surface area contributed by atoms with Crippen LogP contribution in [0.5, 0.6) is 5.75 Å². The van der Waals surface area contributed by atoms with E-state index in [1.807, 2.05) is 48.5 Å². The summed E-state index contributed by atoms with van der Waals surface area (Å²) in [4.78, 5) is 43.1. The first-order chi connectivity index (χ1) is 18.1. The van der Waals surface area contributed by atoms with Crippen molar-refractivity contribution < 1.29 is 28.6 Å². The molecule has 8 nitrogen and oxygen atoms in total. The molecule has 0 aromatic heterocycles. The van der Waals surface area contributed by atoms with Gasteiger partial charge in [0.25, 0.3) is 11.8 Å². The molecule has 0 radical (unpaired) electrons. The summed E-state index contributed by atoms with van der Waals surface area (Å²) < 4.78 is 17.1. The van der Waals surface area contributed by atoms with Gasteiger partial charge in [-0.15, -0.1) is 0 Å². The largest absolute Gasteiger partial charge is 0.476 e. The lowest BCUT2D eigenvalue weighted by atomic mass is 9.93. The van der Waals surface area contributed by atoms with Gasteiger partial charge in [-0.05, 0) is 41.5 Å². The molecule has 0 bridgehead atoms. The zero-order valence-electron chi connectivity index (χ0n) is 20.2. The standard InChI is InChI=1S/C29H26N2O6/c32-27(20-10-11-22-21(16-20)17-25(37-29(22)34)19-6-2-1-3-7-19)31-18-26(28(33)30-12-14-35-15-13-30)36-24-9-5-4-8-23(24)31/h1-11,16,25-26H,12-15,17-18H2. The summed E-state index contributed by atoms with van der Waals surface area (Å²) in [5.74, 6) is -0.329. The molecule has 2 atom stereocenters. The van der Waals surface area contributed by atoms with Gasteiger partial charge < -0.3 is 24.0 Å². The van der Waals surface area contributed by atoms with Crippen molar-refractivity contribution in [3.05, 3.63) is 95.1 Å². The van der Waals surface area contributed by atoms with Crippen molar-refractivity contribution in [2.45, 2.75) is 18.6 Å². The minimum atomic E-state index is -0.813. The molecular weight excluding hydrogens is 472 g/mol. The number of hydrogen-bond acceptors (Lipinski definition) is 6. The van der Waals surface area contributed by atoms with Crippen molar-refractivity contribution in [2.75, 3.05) is 37.7 Å². The summed E-state index contributed by atoms with van der Waals surface area (Å²) in [6.45, 7) is 2.06. The number of morpholine rings is 1. The molecule has 8 heteroatoms. The molecular formula is C29H26N2O6.